The van der Waals surface area contributed by atoms with E-state index in [-0.39, 0.29) is 5.69 Å². The number of non-ortho nitro benzene ring substituents is 1. The Labute approximate surface area is 101 Å². The molecule has 0 saturated heterocycles. The summed E-state index contributed by atoms with van der Waals surface area (Å²) in [6.07, 6.45) is 4.77. The van der Waals surface area contributed by atoms with E-state index in [1.54, 1.807) is 12.1 Å². The number of nitro benzene ring substituents is 1. The van der Waals surface area contributed by atoms with Crippen LogP contribution >= 0.6 is 0 Å². The summed E-state index contributed by atoms with van der Waals surface area (Å²) in [6.45, 7) is 6.61. The van der Waals surface area contributed by atoms with Crippen molar-refractivity contribution in [1.29, 1.82) is 0 Å². The van der Waals surface area contributed by atoms with Crippen LogP contribution in [0.4, 0.5) is 11.4 Å². The molecule has 0 saturated carbocycles. The summed E-state index contributed by atoms with van der Waals surface area (Å²) in [5.74, 6) is 0. The highest BCUT2D eigenvalue weighted by Crippen LogP contribution is 2.15. The maximum Gasteiger partial charge on any atom is 0.269 e. The van der Waals surface area contributed by atoms with Crippen LogP contribution in [0.2, 0.25) is 0 Å². The molecule has 0 aliphatic carbocycles. The molecule has 4 heteroatoms. The lowest BCUT2D eigenvalue weighted by Gasteiger charge is -2.05. The highest BCUT2D eigenvalue weighted by molar-refractivity contribution is 5.48. The molecule has 0 aliphatic rings. The van der Waals surface area contributed by atoms with Crippen LogP contribution in [0, 0.1) is 10.1 Å². The molecule has 0 aliphatic heterocycles. The van der Waals surface area contributed by atoms with Crippen molar-refractivity contribution in [1.82, 2.24) is 0 Å². The zero-order valence-corrected chi connectivity index (χ0v) is 9.85. The van der Waals surface area contributed by atoms with Crippen LogP contribution in [-0.2, 0) is 0 Å². The molecule has 0 fully saturated rings. The third-order valence-corrected chi connectivity index (χ3v) is 2.26. The minimum absolute atomic E-state index is 0.105. The zero-order valence-electron chi connectivity index (χ0n) is 9.85. The van der Waals surface area contributed by atoms with Gasteiger partial charge in [0.05, 0.1) is 4.92 Å². The number of benzene rings is 1. The molecule has 0 atom stereocenters. The first-order valence-corrected chi connectivity index (χ1v) is 5.42. The van der Waals surface area contributed by atoms with E-state index in [0.717, 1.165) is 24.2 Å². The molecule has 0 amide bonds. The number of hydrogen-bond donors (Lipinski definition) is 1. The normalized spacial score (nSPS) is 10.4. The van der Waals surface area contributed by atoms with Crippen molar-refractivity contribution < 1.29 is 4.92 Å². The summed E-state index contributed by atoms with van der Waals surface area (Å²) in [4.78, 5) is 10.0. The molecule has 17 heavy (non-hydrogen) atoms. The van der Waals surface area contributed by atoms with Gasteiger partial charge in [-0.15, -0.1) is 0 Å². The van der Waals surface area contributed by atoms with Crippen LogP contribution in [-0.4, -0.2) is 11.5 Å². The molecular formula is C13H16N2O2. The summed E-state index contributed by atoms with van der Waals surface area (Å²) >= 11 is 0. The fraction of sp³-hybridized carbons (Fsp3) is 0.231. The highest BCUT2D eigenvalue weighted by atomic mass is 16.6. The van der Waals surface area contributed by atoms with Crippen LogP contribution in [0.25, 0.3) is 0 Å². The lowest BCUT2D eigenvalue weighted by atomic mass is 10.2. The second-order valence-corrected chi connectivity index (χ2v) is 3.64. The van der Waals surface area contributed by atoms with E-state index in [1.807, 2.05) is 19.1 Å². The van der Waals surface area contributed by atoms with Gasteiger partial charge in [-0.1, -0.05) is 24.3 Å². The number of anilines is 1. The SMILES string of the molecule is C=C(/C=C\C)CCNc1ccc([N+](=O)[O-])cc1. The topological polar surface area (TPSA) is 55.2 Å². The summed E-state index contributed by atoms with van der Waals surface area (Å²) in [5.41, 5.74) is 2.04. The molecule has 1 rings (SSSR count). The van der Waals surface area contributed by atoms with E-state index in [1.165, 1.54) is 12.1 Å². The van der Waals surface area contributed by atoms with Crippen LogP contribution in [0.1, 0.15) is 13.3 Å². The molecule has 90 valence electrons. The van der Waals surface area contributed by atoms with Gasteiger partial charge in [0.25, 0.3) is 5.69 Å². The van der Waals surface area contributed by atoms with Crippen molar-refractivity contribution in [3.8, 4) is 0 Å². The number of allylic oxidation sites excluding steroid dienone is 2. The molecule has 0 unspecified atom stereocenters. The first-order chi connectivity index (χ1) is 8.13. The molecule has 0 spiro atoms. The van der Waals surface area contributed by atoms with Crippen molar-refractivity contribution in [3.63, 3.8) is 0 Å². The van der Waals surface area contributed by atoms with Crippen LogP contribution < -0.4 is 5.32 Å². The maximum absolute atomic E-state index is 10.5. The number of nitrogens with zero attached hydrogens (tertiary/aromatic N) is 1. The van der Waals surface area contributed by atoms with Crippen molar-refractivity contribution in [2.45, 2.75) is 13.3 Å². The molecule has 1 N–H and O–H groups in total. The van der Waals surface area contributed by atoms with Crippen LogP contribution in [0.3, 0.4) is 0 Å². The minimum Gasteiger partial charge on any atom is -0.385 e. The van der Waals surface area contributed by atoms with Gasteiger partial charge in [0.1, 0.15) is 0 Å². The van der Waals surface area contributed by atoms with Crippen LogP contribution in [0.15, 0.2) is 48.6 Å². The molecule has 1 aromatic carbocycles. The molecule has 0 heterocycles. The summed E-state index contributed by atoms with van der Waals surface area (Å²) in [7, 11) is 0. The Bertz CT molecular complexity index is 422. The van der Waals surface area contributed by atoms with Crippen molar-refractivity contribution in [2.75, 3.05) is 11.9 Å². The third kappa shape index (κ3) is 4.51. The van der Waals surface area contributed by atoms with E-state index >= 15 is 0 Å². The second kappa shape index (κ2) is 6.48. The van der Waals surface area contributed by atoms with Gasteiger partial charge >= 0.3 is 0 Å². The van der Waals surface area contributed by atoms with Crippen molar-refractivity contribution in [2.24, 2.45) is 0 Å². The molecular weight excluding hydrogens is 216 g/mol. The number of rotatable bonds is 6. The maximum atomic E-state index is 10.5. The minimum atomic E-state index is -0.405. The van der Waals surface area contributed by atoms with Gasteiger partial charge in [-0.2, -0.15) is 0 Å². The van der Waals surface area contributed by atoms with E-state index in [2.05, 4.69) is 11.9 Å². The molecule has 0 aromatic heterocycles. The quantitative estimate of drug-likeness (QED) is 0.463. The average molecular weight is 232 g/mol. The molecule has 4 nitrogen and oxygen atoms in total. The van der Waals surface area contributed by atoms with Crippen molar-refractivity contribution in [3.05, 3.63) is 58.7 Å². The average Bonchev–Trinajstić information content (AvgIpc) is 2.30. The lowest BCUT2D eigenvalue weighted by molar-refractivity contribution is -0.384. The van der Waals surface area contributed by atoms with Crippen molar-refractivity contribution >= 4 is 11.4 Å². The van der Waals surface area contributed by atoms with E-state index in [0.29, 0.717) is 0 Å². The van der Waals surface area contributed by atoms with Gasteiger partial charge in [0, 0.05) is 24.4 Å². The van der Waals surface area contributed by atoms with Gasteiger partial charge in [0.15, 0.2) is 0 Å². The van der Waals surface area contributed by atoms with E-state index in [4.69, 9.17) is 0 Å². The first-order valence-electron chi connectivity index (χ1n) is 5.42. The lowest BCUT2D eigenvalue weighted by Crippen LogP contribution is -2.01. The van der Waals surface area contributed by atoms with Gasteiger partial charge in [-0.25, -0.2) is 0 Å². The summed E-state index contributed by atoms with van der Waals surface area (Å²) in [5, 5.41) is 13.6. The first kappa shape index (κ1) is 13.0. The smallest absolute Gasteiger partial charge is 0.269 e. The molecule has 1 aromatic rings. The van der Waals surface area contributed by atoms with Gasteiger partial charge in [-0.3, -0.25) is 10.1 Å². The predicted octanol–water partition coefficient (Wildman–Crippen LogP) is 3.53. The number of hydrogen-bond acceptors (Lipinski definition) is 3. The Kier molecular flexibility index (Phi) is 4.94. The number of nitro groups is 1. The fourth-order valence-electron chi connectivity index (χ4n) is 1.39. The molecule has 0 radical (unpaired) electrons. The third-order valence-electron chi connectivity index (χ3n) is 2.26. The van der Waals surface area contributed by atoms with E-state index < -0.39 is 4.92 Å². The predicted molar refractivity (Wildman–Crippen MR) is 70.2 cm³/mol. The second-order valence-electron chi connectivity index (χ2n) is 3.64. The molecule has 0 bridgehead atoms. The Hall–Kier alpha value is -2.10. The van der Waals surface area contributed by atoms with Crippen LogP contribution in [0.5, 0.6) is 0 Å². The standard InChI is InChI=1S/C13H16N2O2/c1-3-4-11(2)9-10-14-12-5-7-13(8-6-12)15(16)17/h3-8,14H,2,9-10H2,1H3/b4-3-. The van der Waals surface area contributed by atoms with E-state index in [9.17, 15) is 10.1 Å². The van der Waals surface area contributed by atoms with Gasteiger partial charge in [0.2, 0.25) is 0 Å². The Morgan fingerprint density at radius 3 is 2.65 bits per heavy atom. The summed E-state index contributed by atoms with van der Waals surface area (Å²) < 4.78 is 0. The highest BCUT2D eigenvalue weighted by Gasteiger charge is 2.03. The monoisotopic (exact) mass is 232 g/mol. The van der Waals surface area contributed by atoms with Gasteiger partial charge in [-0.05, 0) is 25.5 Å². The summed E-state index contributed by atoms with van der Waals surface area (Å²) in [6, 6.07) is 6.39. The Morgan fingerprint density at radius 2 is 2.12 bits per heavy atom. The van der Waals surface area contributed by atoms with Gasteiger partial charge < -0.3 is 5.32 Å². The fourth-order valence-corrected chi connectivity index (χ4v) is 1.39. The number of nitrogens with one attached hydrogen (secondary N) is 1. The Morgan fingerprint density at radius 1 is 1.47 bits per heavy atom. The zero-order chi connectivity index (χ0) is 12.7. The Balaban J connectivity index is 2.42. The largest absolute Gasteiger partial charge is 0.385 e.